The third-order valence-corrected chi connectivity index (χ3v) is 3.90. The molecule has 0 aliphatic carbocycles. The van der Waals surface area contributed by atoms with E-state index in [1.165, 1.54) is 0 Å². The quantitative estimate of drug-likeness (QED) is 0.0883. The minimum Gasteiger partial charge on any atom is -0.480 e. The Labute approximate surface area is 198 Å². The molecule has 1 aliphatic rings. The van der Waals surface area contributed by atoms with Crippen molar-refractivity contribution < 1.29 is 39.6 Å². The Hall–Kier alpha value is -3.01. The molecule has 1 rings (SSSR count). The van der Waals surface area contributed by atoms with Gasteiger partial charge in [-0.2, -0.15) is 0 Å². The monoisotopic (exact) mass is 495 g/mol. The van der Waals surface area contributed by atoms with Crippen LogP contribution in [0.15, 0.2) is 0 Å². The molecule has 0 aromatic rings. The SMILES string of the molecule is CC(C)CC(N)C(=O)O.N=C(N)NCCCC(N)C(=O)O.NCC(=O)O.O=C(O)[C@@H]1CCCN1. The Kier molecular flexibility index (Phi) is 22.8. The maximum Gasteiger partial charge on any atom is 0.320 e. The maximum absolute atomic E-state index is 10.2. The van der Waals surface area contributed by atoms with E-state index in [9.17, 15) is 19.2 Å². The Morgan fingerprint density at radius 1 is 1.06 bits per heavy atom. The Balaban J connectivity index is -0.000000392. The number of carbonyl (C=O) groups is 4. The van der Waals surface area contributed by atoms with Crippen LogP contribution in [-0.2, 0) is 19.2 Å². The average molecular weight is 496 g/mol. The first-order chi connectivity index (χ1) is 15.6. The van der Waals surface area contributed by atoms with E-state index < -0.39 is 36.0 Å². The molecule has 34 heavy (non-hydrogen) atoms. The van der Waals surface area contributed by atoms with Gasteiger partial charge in [0.1, 0.15) is 18.1 Å². The molecule has 0 saturated carbocycles. The summed E-state index contributed by atoms with van der Waals surface area (Å²) in [5.41, 5.74) is 20.0. The predicted octanol–water partition coefficient (Wildman–Crippen LogP) is -2.04. The van der Waals surface area contributed by atoms with Crippen LogP contribution < -0.4 is 33.6 Å². The van der Waals surface area contributed by atoms with Gasteiger partial charge < -0.3 is 54.0 Å². The molecule has 2 unspecified atom stereocenters. The number of nitrogens with two attached hydrogens (primary N) is 4. The van der Waals surface area contributed by atoms with Crippen LogP contribution in [0.4, 0.5) is 0 Å². The summed E-state index contributed by atoms with van der Waals surface area (Å²) in [6.07, 6.45) is 3.31. The Bertz CT molecular complexity index is 613. The van der Waals surface area contributed by atoms with Crippen LogP contribution in [0.1, 0.15) is 46.0 Å². The zero-order valence-corrected chi connectivity index (χ0v) is 19.7. The summed E-state index contributed by atoms with van der Waals surface area (Å²) in [5, 5.41) is 44.8. The van der Waals surface area contributed by atoms with Crippen molar-refractivity contribution >= 4 is 29.8 Å². The lowest BCUT2D eigenvalue weighted by atomic mass is 10.1. The predicted molar refractivity (Wildman–Crippen MR) is 125 cm³/mol. The summed E-state index contributed by atoms with van der Waals surface area (Å²) >= 11 is 0. The lowest BCUT2D eigenvalue weighted by molar-refractivity contribution is -0.139. The van der Waals surface area contributed by atoms with Gasteiger partial charge >= 0.3 is 23.9 Å². The van der Waals surface area contributed by atoms with Crippen LogP contribution in [0.5, 0.6) is 0 Å². The van der Waals surface area contributed by atoms with Crippen molar-refractivity contribution in [2.45, 2.75) is 64.1 Å². The van der Waals surface area contributed by atoms with E-state index in [4.69, 9.17) is 43.0 Å². The van der Waals surface area contributed by atoms with Gasteiger partial charge in [-0.15, -0.1) is 0 Å². The second-order valence-corrected chi connectivity index (χ2v) is 7.59. The molecule has 0 spiro atoms. The van der Waals surface area contributed by atoms with Crippen molar-refractivity contribution in [1.29, 1.82) is 5.41 Å². The van der Waals surface area contributed by atoms with Gasteiger partial charge in [0.2, 0.25) is 0 Å². The number of hydrogen-bond acceptors (Lipinski definition) is 9. The van der Waals surface area contributed by atoms with Crippen molar-refractivity contribution in [2.24, 2.45) is 28.9 Å². The average Bonchev–Trinajstić information content (AvgIpc) is 3.27. The molecule has 1 fully saturated rings. The fourth-order valence-electron chi connectivity index (χ4n) is 2.17. The van der Waals surface area contributed by atoms with Gasteiger partial charge in [-0.05, 0) is 44.6 Å². The molecule has 15 N–H and O–H groups in total. The van der Waals surface area contributed by atoms with Gasteiger partial charge in [-0.1, -0.05) is 13.8 Å². The standard InChI is InChI=1S/C6H14N4O2.C6H13NO2.C5H9NO2.C2H5NO2/c7-4(5(11)12)2-1-3-10-6(8)9;1-4(2)3-5(7)6(8)9;7-5(8)4-2-1-3-6-4;3-1-2(4)5/h4H,1-3,7H2,(H,11,12)(H4,8,9,10);4-5H,3,7H2,1-2H3,(H,8,9);4,6H,1-3H2,(H,7,8);1,3H2,(H,4,5)/t;;4-;/m..0./s1. The number of carboxylic acid groups (broad SMARTS) is 4. The highest BCUT2D eigenvalue weighted by Crippen LogP contribution is 2.03. The van der Waals surface area contributed by atoms with Crippen LogP contribution in [-0.4, -0.2) is 88.0 Å². The lowest BCUT2D eigenvalue weighted by Gasteiger charge is -2.07. The minimum absolute atomic E-state index is 0.112. The third kappa shape index (κ3) is 27.0. The molecule has 15 nitrogen and oxygen atoms in total. The van der Waals surface area contributed by atoms with Crippen LogP contribution >= 0.6 is 0 Å². The molecule has 3 atom stereocenters. The second-order valence-electron chi connectivity index (χ2n) is 7.59. The van der Waals surface area contributed by atoms with Crippen molar-refractivity contribution in [2.75, 3.05) is 19.6 Å². The second kappa shape index (κ2) is 21.8. The fourth-order valence-corrected chi connectivity index (χ4v) is 2.17. The van der Waals surface area contributed by atoms with Crippen LogP contribution in [0.2, 0.25) is 0 Å². The van der Waals surface area contributed by atoms with Crippen LogP contribution in [0, 0.1) is 11.3 Å². The molecule has 0 radical (unpaired) electrons. The third-order valence-electron chi connectivity index (χ3n) is 3.90. The molecule has 15 heteroatoms. The highest BCUT2D eigenvalue weighted by Gasteiger charge is 2.20. The first-order valence-electron chi connectivity index (χ1n) is 10.6. The molecule has 1 aliphatic heterocycles. The summed E-state index contributed by atoms with van der Waals surface area (Å²) in [7, 11) is 0. The summed E-state index contributed by atoms with van der Waals surface area (Å²) in [5.74, 6) is -3.36. The van der Waals surface area contributed by atoms with E-state index in [2.05, 4.69) is 16.4 Å². The number of guanidine groups is 1. The normalized spacial score (nSPS) is 15.6. The minimum atomic E-state index is -1.00. The summed E-state index contributed by atoms with van der Waals surface area (Å²) in [6.45, 7) is 4.96. The van der Waals surface area contributed by atoms with Gasteiger partial charge in [0.05, 0.1) is 6.54 Å². The molecule has 1 heterocycles. The van der Waals surface area contributed by atoms with Gasteiger partial charge in [-0.3, -0.25) is 24.6 Å². The number of aliphatic carboxylic acids is 4. The zero-order valence-electron chi connectivity index (χ0n) is 19.7. The van der Waals surface area contributed by atoms with Gasteiger partial charge in [0, 0.05) is 6.54 Å². The molecular formula is C19H41N7O8. The van der Waals surface area contributed by atoms with E-state index in [0.29, 0.717) is 31.7 Å². The van der Waals surface area contributed by atoms with Crippen LogP contribution in [0.3, 0.4) is 0 Å². The maximum atomic E-state index is 10.2. The fraction of sp³-hybridized carbons (Fsp3) is 0.737. The first-order valence-corrected chi connectivity index (χ1v) is 10.6. The van der Waals surface area contributed by atoms with Crippen molar-refractivity contribution in [3.63, 3.8) is 0 Å². The van der Waals surface area contributed by atoms with Crippen LogP contribution in [0.25, 0.3) is 0 Å². The molecule has 0 aromatic carbocycles. The summed E-state index contributed by atoms with van der Waals surface area (Å²) in [6, 6.07) is -1.78. The number of hydrogen-bond donors (Lipinski definition) is 11. The van der Waals surface area contributed by atoms with E-state index in [1.807, 2.05) is 13.8 Å². The molecule has 0 aromatic heterocycles. The number of carboxylic acids is 4. The highest BCUT2D eigenvalue weighted by atomic mass is 16.4. The molecule has 1 saturated heterocycles. The summed E-state index contributed by atoms with van der Waals surface area (Å²) < 4.78 is 0. The van der Waals surface area contributed by atoms with Gasteiger partial charge in [0.15, 0.2) is 5.96 Å². The molecule has 200 valence electrons. The molecule has 0 bridgehead atoms. The van der Waals surface area contributed by atoms with E-state index in [0.717, 1.165) is 19.4 Å². The van der Waals surface area contributed by atoms with Crippen molar-refractivity contribution in [3.8, 4) is 0 Å². The largest absolute Gasteiger partial charge is 0.480 e. The Morgan fingerprint density at radius 2 is 1.56 bits per heavy atom. The van der Waals surface area contributed by atoms with E-state index in [-0.39, 0.29) is 18.5 Å². The first kappa shape index (κ1) is 35.6. The van der Waals surface area contributed by atoms with Crippen molar-refractivity contribution in [3.05, 3.63) is 0 Å². The zero-order chi connectivity index (χ0) is 27.3. The van der Waals surface area contributed by atoms with Crippen molar-refractivity contribution in [1.82, 2.24) is 10.6 Å². The molecule has 0 amide bonds. The number of nitrogens with one attached hydrogen (secondary N) is 3. The van der Waals surface area contributed by atoms with E-state index in [1.54, 1.807) is 0 Å². The van der Waals surface area contributed by atoms with Gasteiger partial charge in [-0.25, -0.2) is 0 Å². The smallest absolute Gasteiger partial charge is 0.320 e. The van der Waals surface area contributed by atoms with Gasteiger partial charge in [0.25, 0.3) is 0 Å². The Morgan fingerprint density at radius 3 is 1.79 bits per heavy atom. The molecular weight excluding hydrogens is 454 g/mol. The summed E-state index contributed by atoms with van der Waals surface area (Å²) in [4.78, 5) is 39.7. The topological polar surface area (TPSA) is 301 Å². The highest BCUT2D eigenvalue weighted by molar-refractivity contribution is 5.74. The number of rotatable bonds is 10. The lowest BCUT2D eigenvalue weighted by Crippen LogP contribution is -2.34. The van der Waals surface area contributed by atoms with E-state index >= 15 is 0 Å².